The molecule has 9 nitrogen and oxygen atoms in total. The molecule has 0 aliphatic carbocycles. The van der Waals surface area contributed by atoms with E-state index in [1.165, 1.54) is 4.90 Å². The third-order valence-electron chi connectivity index (χ3n) is 7.45. The fraction of sp³-hybridized carbons (Fsp3) is 0.654. The van der Waals surface area contributed by atoms with Crippen molar-refractivity contribution in [1.29, 1.82) is 0 Å². The first-order valence-corrected chi connectivity index (χ1v) is 13.2. The van der Waals surface area contributed by atoms with E-state index in [9.17, 15) is 14.4 Å². The fourth-order valence-electron chi connectivity index (χ4n) is 5.45. The highest BCUT2D eigenvalue weighted by Crippen LogP contribution is 2.35. The van der Waals surface area contributed by atoms with E-state index in [4.69, 9.17) is 21.4 Å². The molecule has 3 heterocycles. The molecule has 3 fully saturated rings. The van der Waals surface area contributed by atoms with Crippen molar-refractivity contribution in [2.24, 2.45) is 11.8 Å². The first-order valence-electron chi connectivity index (χ1n) is 12.8. The number of likely N-dealkylation sites (tertiary alicyclic amines) is 2. The summed E-state index contributed by atoms with van der Waals surface area (Å²) in [6.45, 7) is 9.41. The van der Waals surface area contributed by atoms with Crippen LogP contribution in [0.2, 0.25) is 5.02 Å². The topological polar surface area (TPSA) is 102 Å². The van der Waals surface area contributed by atoms with Crippen LogP contribution in [-0.2, 0) is 4.74 Å². The first kappa shape index (κ1) is 26.4. The van der Waals surface area contributed by atoms with Crippen molar-refractivity contribution in [1.82, 2.24) is 15.1 Å². The van der Waals surface area contributed by atoms with Crippen molar-refractivity contribution >= 4 is 35.4 Å². The Hall–Kier alpha value is -2.68. The van der Waals surface area contributed by atoms with Crippen molar-refractivity contribution in [3.63, 3.8) is 0 Å². The molecule has 4 rings (SSSR count). The monoisotopic (exact) mass is 520 g/mol. The lowest BCUT2D eigenvalue weighted by molar-refractivity contribution is 0.0359. The van der Waals surface area contributed by atoms with Gasteiger partial charge in [-0.1, -0.05) is 11.6 Å². The maximum absolute atomic E-state index is 12.9. The Morgan fingerprint density at radius 1 is 0.972 bits per heavy atom. The number of rotatable bonds is 4. The first-order chi connectivity index (χ1) is 17.0. The molecule has 198 valence electrons. The maximum Gasteiger partial charge on any atom is 0.407 e. The Labute approximate surface area is 217 Å². The van der Waals surface area contributed by atoms with E-state index < -0.39 is 17.8 Å². The van der Waals surface area contributed by atoms with Crippen molar-refractivity contribution < 1.29 is 24.2 Å². The Morgan fingerprint density at radius 3 is 2.08 bits per heavy atom. The number of alkyl carbamates (subject to hydrolysis) is 1. The minimum absolute atomic E-state index is 0.125. The van der Waals surface area contributed by atoms with Gasteiger partial charge in [0.15, 0.2) is 0 Å². The lowest BCUT2D eigenvalue weighted by Crippen LogP contribution is -2.61. The molecule has 2 N–H and O–H groups in total. The predicted molar refractivity (Wildman–Crippen MR) is 138 cm³/mol. The third-order valence-corrected chi connectivity index (χ3v) is 7.77. The van der Waals surface area contributed by atoms with E-state index in [0.29, 0.717) is 48.6 Å². The molecular formula is C26H37ClN4O5. The average Bonchev–Trinajstić information content (AvgIpc) is 2.79. The van der Waals surface area contributed by atoms with Gasteiger partial charge in [-0.2, -0.15) is 0 Å². The van der Waals surface area contributed by atoms with Crippen LogP contribution in [0, 0.1) is 11.8 Å². The van der Waals surface area contributed by atoms with E-state index in [0.717, 1.165) is 44.5 Å². The van der Waals surface area contributed by atoms with Gasteiger partial charge in [-0.25, -0.2) is 9.59 Å². The summed E-state index contributed by atoms with van der Waals surface area (Å²) in [7, 11) is 0. The second-order valence-corrected chi connectivity index (χ2v) is 11.6. The maximum atomic E-state index is 12.9. The Bertz CT molecular complexity index is 975. The lowest BCUT2D eigenvalue weighted by Gasteiger charge is -2.40. The largest absolute Gasteiger partial charge is 0.465 e. The molecule has 1 aromatic carbocycles. The van der Waals surface area contributed by atoms with Crippen molar-refractivity contribution in [3.05, 3.63) is 28.8 Å². The molecule has 0 radical (unpaired) electrons. The van der Waals surface area contributed by atoms with E-state index >= 15 is 0 Å². The standard InChI is InChI=1S/C26H37ClN4O5/c1-26(2,3)36-24(33)28-19-15-31(16-19)23(32)21-5-4-20(14-22(21)27)29-10-6-17(7-11-29)18-8-12-30(13-9-18)25(34)35/h4-5,14,17-19H,6-13,15-16H2,1-3H3,(H,28,33)(H,34,35). The third kappa shape index (κ3) is 6.35. The highest BCUT2D eigenvalue weighted by Gasteiger charge is 2.35. The highest BCUT2D eigenvalue weighted by atomic mass is 35.5. The number of ether oxygens (including phenoxy) is 1. The van der Waals surface area contributed by atoms with Gasteiger partial charge in [-0.15, -0.1) is 0 Å². The molecule has 0 bridgehead atoms. The summed E-state index contributed by atoms with van der Waals surface area (Å²) in [5.74, 6) is 1.08. The summed E-state index contributed by atoms with van der Waals surface area (Å²) in [6.07, 6.45) is 2.77. The van der Waals surface area contributed by atoms with Crippen LogP contribution in [0.15, 0.2) is 18.2 Å². The van der Waals surface area contributed by atoms with Crippen LogP contribution in [0.3, 0.4) is 0 Å². The molecule has 3 aliphatic heterocycles. The second kappa shape index (κ2) is 10.7. The van der Waals surface area contributed by atoms with Gasteiger partial charge in [0, 0.05) is 45.0 Å². The SMILES string of the molecule is CC(C)(C)OC(=O)NC1CN(C(=O)c2ccc(N3CCC(C4CCN(C(=O)O)CC4)CC3)cc2Cl)C1. The van der Waals surface area contributed by atoms with E-state index in [1.54, 1.807) is 11.0 Å². The van der Waals surface area contributed by atoms with Crippen LogP contribution < -0.4 is 10.2 Å². The molecule has 0 saturated carbocycles. The summed E-state index contributed by atoms with van der Waals surface area (Å²) >= 11 is 6.54. The summed E-state index contributed by atoms with van der Waals surface area (Å²) < 4.78 is 5.27. The zero-order valence-corrected chi connectivity index (χ0v) is 22.1. The zero-order chi connectivity index (χ0) is 26.0. The van der Waals surface area contributed by atoms with Gasteiger partial charge in [0.25, 0.3) is 5.91 Å². The van der Waals surface area contributed by atoms with Crippen molar-refractivity contribution in [2.45, 2.75) is 58.1 Å². The molecule has 3 aliphatic rings. The van der Waals surface area contributed by atoms with Crippen molar-refractivity contribution in [3.8, 4) is 0 Å². The Morgan fingerprint density at radius 2 is 1.56 bits per heavy atom. The number of halogens is 1. The van der Waals surface area contributed by atoms with E-state index in [2.05, 4.69) is 10.2 Å². The molecule has 10 heteroatoms. The number of hydrogen-bond acceptors (Lipinski definition) is 5. The molecule has 36 heavy (non-hydrogen) atoms. The van der Waals surface area contributed by atoms with Crippen LogP contribution >= 0.6 is 11.6 Å². The van der Waals surface area contributed by atoms with Crippen LogP contribution in [0.5, 0.6) is 0 Å². The average molecular weight is 521 g/mol. The number of benzene rings is 1. The number of hydrogen-bond donors (Lipinski definition) is 2. The number of anilines is 1. The summed E-state index contributed by atoms with van der Waals surface area (Å²) in [4.78, 5) is 41.5. The minimum Gasteiger partial charge on any atom is -0.465 e. The van der Waals surface area contributed by atoms with Crippen LogP contribution in [0.1, 0.15) is 56.8 Å². The number of carboxylic acid groups (broad SMARTS) is 1. The molecule has 3 amide bonds. The molecule has 0 unspecified atom stereocenters. The van der Waals surface area contributed by atoms with Gasteiger partial charge in [0.2, 0.25) is 0 Å². The molecule has 1 aromatic rings. The number of piperidine rings is 2. The van der Waals surface area contributed by atoms with Crippen LogP contribution in [0.25, 0.3) is 0 Å². The van der Waals surface area contributed by atoms with Crippen LogP contribution in [0.4, 0.5) is 15.3 Å². The van der Waals surface area contributed by atoms with Crippen LogP contribution in [-0.4, -0.2) is 83.9 Å². The smallest absolute Gasteiger partial charge is 0.407 e. The number of carbonyl (C=O) groups is 3. The number of amides is 3. The van der Waals surface area contributed by atoms with Gasteiger partial charge < -0.3 is 29.9 Å². The van der Waals surface area contributed by atoms with Gasteiger partial charge in [-0.3, -0.25) is 4.79 Å². The molecule has 0 spiro atoms. The highest BCUT2D eigenvalue weighted by molar-refractivity contribution is 6.34. The van der Waals surface area contributed by atoms with Gasteiger partial charge in [0.05, 0.1) is 16.6 Å². The summed E-state index contributed by atoms with van der Waals surface area (Å²) in [5, 5.41) is 12.4. The normalized spacial score (nSPS) is 20.2. The number of nitrogens with one attached hydrogen (secondary N) is 1. The quantitative estimate of drug-likeness (QED) is 0.613. The lowest BCUT2D eigenvalue weighted by atomic mass is 9.79. The predicted octanol–water partition coefficient (Wildman–Crippen LogP) is 4.30. The minimum atomic E-state index is -0.812. The van der Waals surface area contributed by atoms with Gasteiger partial charge in [-0.05, 0) is 76.5 Å². The summed E-state index contributed by atoms with van der Waals surface area (Å²) in [5.41, 5.74) is 0.924. The Kier molecular flexibility index (Phi) is 7.87. The van der Waals surface area contributed by atoms with Gasteiger partial charge in [0.1, 0.15) is 5.60 Å². The fourth-order valence-corrected chi connectivity index (χ4v) is 5.70. The number of nitrogens with zero attached hydrogens (tertiary/aromatic N) is 3. The molecule has 3 saturated heterocycles. The van der Waals surface area contributed by atoms with Gasteiger partial charge >= 0.3 is 12.2 Å². The second-order valence-electron chi connectivity index (χ2n) is 11.1. The Balaban J connectivity index is 1.25. The summed E-state index contributed by atoms with van der Waals surface area (Å²) in [6, 6.07) is 5.50. The molecule has 0 aromatic heterocycles. The number of carbonyl (C=O) groups excluding carboxylic acids is 2. The molecule has 0 atom stereocenters. The van der Waals surface area contributed by atoms with E-state index in [-0.39, 0.29) is 11.9 Å². The van der Waals surface area contributed by atoms with Crippen molar-refractivity contribution in [2.75, 3.05) is 44.2 Å². The van der Waals surface area contributed by atoms with E-state index in [1.807, 2.05) is 32.9 Å². The molecular weight excluding hydrogens is 484 g/mol. The zero-order valence-electron chi connectivity index (χ0n) is 21.3.